The molecule has 0 aliphatic carbocycles. The van der Waals surface area contributed by atoms with Crippen LogP contribution >= 0.6 is 11.6 Å². The molecule has 1 N–H and O–H groups in total. The number of aromatic nitrogens is 2. The summed E-state index contributed by atoms with van der Waals surface area (Å²) in [5.74, 6) is 0.861. The van der Waals surface area contributed by atoms with E-state index in [-0.39, 0.29) is 0 Å². The molecular formula is C9H10ClN3. The summed E-state index contributed by atoms with van der Waals surface area (Å²) in [4.78, 5) is 4.21. The average Bonchev–Trinajstić information content (AvgIpc) is 2.55. The Hall–Kier alpha value is -1.22. The molecule has 4 heteroatoms. The van der Waals surface area contributed by atoms with Gasteiger partial charge in [-0.3, -0.25) is 0 Å². The van der Waals surface area contributed by atoms with Gasteiger partial charge < -0.3 is 9.72 Å². The topological polar surface area (TPSA) is 29.3 Å². The molecule has 68 valence electrons. The molecule has 0 saturated carbocycles. The van der Waals surface area contributed by atoms with Crippen molar-refractivity contribution < 1.29 is 0 Å². The van der Waals surface area contributed by atoms with Gasteiger partial charge in [0.25, 0.3) is 0 Å². The zero-order valence-electron chi connectivity index (χ0n) is 7.50. The van der Waals surface area contributed by atoms with Gasteiger partial charge >= 0.3 is 0 Å². The van der Waals surface area contributed by atoms with Crippen LogP contribution in [0.25, 0.3) is 5.52 Å². The van der Waals surface area contributed by atoms with E-state index in [9.17, 15) is 0 Å². The normalized spacial score (nSPS) is 10.7. The second-order valence-electron chi connectivity index (χ2n) is 2.89. The summed E-state index contributed by atoms with van der Waals surface area (Å²) >= 11 is 6.00. The van der Waals surface area contributed by atoms with E-state index in [2.05, 4.69) is 10.3 Å². The van der Waals surface area contributed by atoms with Gasteiger partial charge in [-0.15, -0.1) is 0 Å². The van der Waals surface area contributed by atoms with Gasteiger partial charge in [0.1, 0.15) is 6.33 Å². The van der Waals surface area contributed by atoms with E-state index in [1.807, 2.05) is 30.6 Å². The molecule has 2 aromatic rings. The Bertz CT molecular complexity index is 447. The van der Waals surface area contributed by atoms with Crippen molar-refractivity contribution >= 4 is 22.9 Å². The van der Waals surface area contributed by atoms with Crippen LogP contribution in [0.5, 0.6) is 0 Å². The first-order valence-electron chi connectivity index (χ1n) is 4.03. The van der Waals surface area contributed by atoms with Crippen LogP contribution in [0.2, 0.25) is 5.02 Å². The monoisotopic (exact) mass is 195 g/mol. The van der Waals surface area contributed by atoms with Crippen molar-refractivity contribution in [1.82, 2.24) is 9.38 Å². The maximum atomic E-state index is 6.00. The summed E-state index contributed by atoms with van der Waals surface area (Å²) in [7, 11) is 1.85. The number of nitrogens with zero attached hydrogens (tertiary/aromatic N) is 2. The summed E-state index contributed by atoms with van der Waals surface area (Å²) in [6.07, 6.45) is 3.67. The summed E-state index contributed by atoms with van der Waals surface area (Å²) in [6.45, 7) is 1.99. The third kappa shape index (κ3) is 1.16. The van der Waals surface area contributed by atoms with Crippen LogP contribution in [0.3, 0.4) is 0 Å². The van der Waals surface area contributed by atoms with Crippen LogP contribution < -0.4 is 5.32 Å². The Kier molecular flexibility index (Phi) is 1.88. The highest BCUT2D eigenvalue weighted by Gasteiger charge is 2.07. The first-order chi connectivity index (χ1) is 6.24. The Morgan fingerprint density at radius 1 is 1.54 bits per heavy atom. The smallest absolute Gasteiger partial charge is 0.152 e. The highest BCUT2D eigenvalue weighted by atomic mass is 35.5. The van der Waals surface area contributed by atoms with Crippen molar-refractivity contribution in [3.8, 4) is 0 Å². The molecule has 0 fully saturated rings. The minimum absolute atomic E-state index is 0.768. The van der Waals surface area contributed by atoms with Crippen LogP contribution in [-0.2, 0) is 0 Å². The van der Waals surface area contributed by atoms with Crippen LogP contribution in [-0.4, -0.2) is 16.4 Å². The van der Waals surface area contributed by atoms with Gasteiger partial charge in [-0.1, -0.05) is 11.6 Å². The van der Waals surface area contributed by atoms with Crippen molar-refractivity contribution in [2.75, 3.05) is 12.4 Å². The molecule has 2 rings (SSSR count). The molecule has 0 aliphatic heterocycles. The molecule has 13 heavy (non-hydrogen) atoms. The lowest BCUT2D eigenvalue weighted by molar-refractivity contribution is 1.14. The molecule has 2 heterocycles. The summed E-state index contributed by atoms with van der Waals surface area (Å²) in [6, 6.07) is 1.87. The second-order valence-corrected chi connectivity index (χ2v) is 3.29. The molecule has 0 aromatic carbocycles. The predicted octanol–water partition coefficient (Wildman–Crippen LogP) is 2.34. The number of pyridine rings is 1. The number of halogens is 1. The number of imidazole rings is 1. The number of rotatable bonds is 1. The zero-order chi connectivity index (χ0) is 9.42. The lowest BCUT2D eigenvalue weighted by Gasteiger charge is -2.02. The van der Waals surface area contributed by atoms with Gasteiger partial charge in [0, 0.05) is 18.3 Å². The lowest BCUT2D eigenvalue weighted by Crippen LogP contribution is -1.91. The van der Waals surface area contributed by atoms with Crippen molar-refractivity contribution in [3.63, 3.8) is 0 Å². The Balaban J connectivity index is 2.85. The van der Waals surface area contributed by atoms with Gasteiger partial charge in [-0.05, 0) is 18.6 Å². The highest BCUT2D eigenvalue weighted by molar-refractivity contribution is 6.31. The lowest BCUT2D eigenvalue weighted by atomic mass is 10.2. The first-order valence-corrected chi connectivity index (χ1v) is 4.41. The zero-order valence-corrected chi connectivity index (χ0v) is 8.26. The number of hydrogen-bond acceptors (Lipinski definition) is 2. The van der Waals surface area contributed by atoms with Gasteiger partial charge in [-0.25, -0.2) is 4.98 Å². The standard InChI is InChI=1S/C9H10ClN3/c1-6-7(10)3-4-13-5-12-9(11-2)8(6)13/h3-5,11H,1-2H3. The quantitative estimate of drug-likeness (QED) is 0.757. The van der Waals surface area contributed by atoms with E-state index in [0.29, 0.717) is 0 Å². The fraction of sp³-hybridized carbons (Fsp3) is 0.222. The predicted molar refractivity (Wildman–Crippen MR) is 54.5 cm³/mol. The molecule has 2 aromatic heterocycles. The van der Waals surface area contributed by atoms with Crippen LogP contribution in [0, 0.1) is 6.92 Å². The first kappa shape index (κ1) is 8.38. The molecule has 0 aliphatic rings. The number of anilines is 1. The fourth-order valence-corrected chi connectivity index (χ4v) is 1.56. The molecule has 0 spiro atoms. The number of aryl methyl sites for hydroxylation is 1. The Labute approximate surface area is 81.4 Å². The maximum absolute atomic E-state index is 6.00. The summed E-state index contributed by atoms with van der Waals surface area (Å²) < 4.78 is 1.95. The molecule has 3 nitrogen and oxygen atoms in total. The largest absolute Gasteiger partial charge is 0.371 e. The Morgan fingerprint density at radius 3 is 3.00 bits per heavy atom. The summed E-state index contributed by atoms with van der Waals surface area (Å²) in [5.41, 5.74) is 2.08. The Morgan fingerprint density at radius 2 is 2.31 bits per heavy atom. The van der Waals surface area contributed by atoms with Crippen LogP contribution in [0.15, 0.2) is 18.6 Å². The number of hydrogen-bond donors (Lipinski definition) is 1. The van der Waals surface area contributed by atoms with Crippen LogP contribution in [0.4, 0.5) is 5.82 Å². The molecule has 0 saturated heterocycles. The van der Waals surface area contributed by atoms with E-state index in [0.717, 1.165) is 21.9 Å². The van der Waals surface area contributed by atoms with Crippen LogP contribution in [0.1, 0.15) is 5.56 Å². The van der Waals surface area contributed by atoms with Gasteiger partial charge in [0.2, 0.25) is 0 Å². The van der Waals surface area contributed by atoms with Crippen molar-refractivity contribution in [3.05, 3.63) is 29.2 Å². The number of nitrogens with one attached hydrogen (secondary N) is 1. The van der Waals surface area contributed by atoms with Gasteiger partial charge in [-0.2, -0.15) is 0 Å². The third-order valence-electron chi connectivity index (χ3n) is 2.13. The van der Waals surface area contributed by atoms with E-state index >= 15 is 0 Å². The van der Waals surface area contributed by atoms with Crippen molar-refractivity contribution in [2.24, 2.45) is 0 Å². The van der Waals surface area contributed by atoms with E-state index in [1.165, 1.54) is 0 Å². The molecule has 0 radical (unpaired) electrons. The second kappa shape index (κ2) is 2.92. The van der Waals surface area contributed by atoms with Gasteiger partial charge in [0.15, 0.2) is 5.82 Å². The SMILES string of the molecule is CNc1ncn2ccc(Cl)c(C)c12. The van der Waals surface area contributed by atoms with E-state index < -0.39 is 0 Å². The van der Waals surface area contributed by atoms with Crippen molar-refractivity contribution in [2.45, 2.75) is 6.92 Å². The van der Waals surface area contributed by atoms with E-state index in [1.54, 1.807) is 6.33 Å². The fourth-order valence-electron chi connectivity index (χ4n) is 1.41. The molecule has 0 atom stereocenters. The maximum Gasteiger partial charge on any atom is 0.152 e. The highest BCUT2D eigenvalue weighted by Crippen LogP contribution is 2.24. The molecule has 0 amide bonds. The molecular weight excluding hydrogens is 186 g/mol. The minimum Gasteiger partial charge on any atom is -0.371 e. The third-order valence-corrected chi connectivity index (χ3v) is 2.53. The van der Waals surface area contributed by atoms with Gasteiger partial charge in [0.05, 0.1) is 5.52 Å². The van der Waals surface area contributed by atoms with Crippen molar-refractivity contribution in [1.29, 1.82) is 0 Å². The number of fused-ring (bicyclic) bond motifs is 1. The molecule has 0 bridgehead atoms. The average molecular weight is 196 g/mol. The van der Waals surface area contributed by atoms with E-state index in [4.69, 9.17) is 11.6 Å². The summed E-state index contributed by atoms with van der Waals surface area (Å²) in [5, 5.41) is 3.80. The minimum atomic E-state index is 0.768. The molecule has 0 unspecified atom stereocenters.